The molecule has 5 nitrogen and oxygen atoms in total. The first-order chi connectivity index (χ1) is 8.38. The minimum Gasteiger partial charge on any atom is -0.495 e. The van der Waals surface area contributed by atoms with Gasteiger partial charge in [0.25, 0.3) is 0 Å². The van der Waals surface area contributed by atoms with Crippen LogP contribution in [0.25, 0.3) is 6.08 Å². The highest BCUT2D eigenvalue weighted by Crippen LogP contribution is 2.26. The van der Waals surface area contributed by atoms with Gasteiger partial charge in [0.05, 0.1) is 14.2 Å². The van der Waals surface area contributed by atoms with Gasteiger partial charge in [0.1, 0.15) is 10.6 Å². The van der Waals surface area contributed by atoms with Gasteiger partial charge >= 0.3 is 16.2 Å². The molecule has 0 saturated carbocycles. The zero-order valence-electron chi connectivity index (χ0n) is 9.71. The third-order valence-electron chi connectivity index (χ3n) is 2.06. The summed E-state index contributed by atoms with van der Waals surface area (Å²) in [5.41, 5.74) is 0.331. The first kappa shape index (κ1) is 14.2. The molecule has 0 aliphatic carbocycles. The fourth-order valence-electron chi connectivity index (χ4n) is 1.22. The summed E-state index contributed by atoms with van der Waals surface area (Å²) in [5, 5.41) is 0. The predicted octanol–water partition coefficient (Wildman–Crippen LogP) is 1.54. The van der Waals surface area contributed by atoms with Gasteiger partial charge < -0.3 is 9.47 Å². The van der Waals surface area contributed by atoms with Crippen LogP contribution in [0.1, 0.15) is 5.56 Å². The van der Waals surface area contributed by atoms with Crippen LogP contribution in [0.4, 0.5) is 3.89 Å². The fraction of sp³-hybridized carbons (Fsp3) is 0.182. The van der Waals surface area contributed by atoms with E-state index in [2.05, 4.69) is 4.74 Å². The van der Waals surface area contributed by atoms with E-state index in [0.717, 1.165) is 12.1 Å². The van der Waals surface area contributed by atoms with Crippen molar-refractivity contribution in [2.24, 2.45) is 0 Å². The lowest BCUT2D eigenvalue weighted by molar-refractivity contribution is -0.134. The molecule has 0 saturated heterocycles. The molecular formula is C11H11FO5S. The van der Waals surface area contributed by atoms with Gasteiger partial charge in [-0.3, -0.25) is 0 Å². The van der Waals surface area contributed by atoms with Crippen molar-refractivity contribution in [2.75, 3.05) is 14.2 Å². The number of hydrogen-bond donors (Lipinski definition) is 0. The van der Waals surface area contributed by atoms with E-state index in [1.165, 1.54) is 32.4 Å². The normalized spacial score (nSPS) is 11.5. The first-order valence-electron chi connectivity index (χ1n) is 4.77. The quantitative estimate of drug-likeness (QED) is 0.473. The number of carbonyl (C=O) groups excluding carboxylic acids is 1. The average Bonchev–Trinajstić information content (AvgIpc) is 2.34. The van der Waals surface area contributed by atoms with Crippen molar-refractivity contribution in [3.63, 3.8) is 0 Å². The lowest BCUT2D eigenvalue weighted by atomic mass is 10.2. The second-order valence-electron chi connectivity index (χ2n) is 3.20. The number of ether oxygens (including phenoxy) is 2. The van der Waals surface area contributed by atoms with Crippen molar-refractivity contribution in [1.82, 2.24) is 0 Å². The molecule has 0 fully saturated rings. The Kier molecular flexibility index (Phi) is 4.43. The average molecular weight is 274 g/mol. The Balaban J connectivity index is 3.20. The molecule has 18 heavy (non-hydrogen) atoms. The van der Waals surface area contributed by atoms with Gasteiger partial charge in [-0.15, -0.1) is 3.89 Å². The van der Waals surface area contributed by atoms with Crippen molar-refractivity contribution >= 4 is 22.3 Å². The molecule has 0 heterocycles. The van der Waals surface area contributed by atoms with Gasteiger partial charge in [0, 0.05) is 6.08 Å². The van der Waals surface area contributed by atoms with Crippen LogP contribution in [-0.2, 0) is 19.8 Å². The summed E-state index contributed by atoms with van der Waals surface area (Å²) >= 11 is 0. The maximum atomic E-state index is 13.0. The molecule has 0 aliphatic heterocycles. The van der Waals surface area contributed by atoms with Gasteiger partial charge in [-0.25, -0.2) is 4.79 Å². The molecular weight excluding hydrogens is 263 g/mol. The number of halogens is 1. The van der Waals surface area contributed by atoms with Gasteiger partial charge in [-0.1, -0.05) is 6.07 Å². The van der Waals surface area contributed by atoms with Crippen LogP contribution < -0.4 is 4.74 Å². The SMILES string of the molecule is COC(=O)/C=C/c1ccc(OC)c(S(=O)(=O)F)c1. The molecule has 0 aromatic heterocycles. The summed E-state index contributed by atoms with van der Waals surface area (Å²) in [7, 11) is -2.45. The van der Waals surface area contributed by atoms with Crippen molar-refractivity contribution in [3.05, 3.63) is 29.8 Å². The van der Waals surface area contributed by atoms with E-state index in [0.29, 0.717) is 5.56 Å². The number of esters is 1. The van der Waals surface area contributed by atoms with Crippen molar-refractivity contribution < 1.29 is 26.6 Å². The second kappa shape index (κ2) is 5.63. The molecule has 0 unspecified atom stereocenters. The minimum atomic E-state index is -4.89. The van der Waals surface area contributed by atoms with Gasteiger partial charge in [-0.05, 0) is 23.8 Å². The number of hydrogen-bond acceptors (Lipinski definition) is 5. The van der Waals surface area contributed by atoms with E-state index in [1.54, 1.807) is 0 Å². The van der Waals surface area contributed by atoms with Crippen LogP contribution in [-0.4, -0.2) is 28.6 Å². The number of methoxy groups -OCH3 is 2. The molecule has 0 spiro atoms. The van der Waals surface area contributed by atoms with E-state index < -0.39 is 21.1 Å². The molecule has 1 aromatic rings. The van der Waals surface area contributed by atoms with Crippen LogP contribution in [0, 0.1) is 0 Å². The number of rotatable bonds is 4. The summed E-state index contributed by atoms with van der Waals surface area (Å²) in [6.07, 6.45) is 2.40. The highest BCUT2D eigenvalue weighted by Gasteiger charge is 2.18. The van der Waals surface area contributed by atoms with Gasteiger partial charge in [-0.2, -0.15) is 8.42 Å². The lowest BCUT2D eigenvalue weighted by Gasteiger charge is -2.05. The Bertz CT molecular complexity index is 577. The van der Waals surface area contributed by atoms with E-state index in [1.807, 2.05) is 0 Å². The number of benzene rings is 1. The summed E-state index contributed by atoms with van der Waals surface area (Å²) in [6.45, 7) is 0. The third kappa shape index (κ3) is 3.56. The Morgan fingerprint density at radius 1 is 1.33 bits per heavy atom. The van der Waals surface area contributed by atoms with E-state index in [4.69, 9.17) is 4.74 Å². The molecule has 1 rings (SSSR count). The largest absolute Gasteiger partial charge is 0.495 e. The van der Waals surface area contributed by atoms with Crippen molar-refractivity contribution in [3.8, 4) is 5.75 Å². The van der Waals surface area contributed by atoms with Crippen LogP contribution >= 0.6 is 0 Å². The molecule has 98 valence electrons. The van der Waals surface area contributed by atoms with E-state index in [9.17, 15) is 17.1 Å². The molecule has 1 aromatic carbocycles. The first-order valence-corrected chi connectivity index (χ1v) is 6.15. The molecule has 0 amide bonds. The van der Waals surface area contributed by atoms with Crippen LogP contribution in [0.3, 0.4) is 0 Å². The Morgan fingerprint density at radius 3 is 2.50 bits per heavy atom. The lowest BCUT2D eigenvalue weighted by Crippen LogP contribution is -1.98. The smallest absolute Gasteiger partial charge is 0.335 e. The maximum absolute atomic E-state index is 13.0. The Labute approximate surface area is 104 Å². The highest BCUT2D eigenvalue weighted by molar-refractivity contribution is 7.86. The second-order valence-corrected chi connectivity index (χ2v) is 4.52. The van der Waals surface area contributed by atoms with Crippen LogP contribution in [0.15, 0.2) is 29.2 Å². The molecule has 0 atom stereocenters. The maximum Gasteiger partial charge on any atom is 0.335 e. The zero-order valence-corrected chi connectivity index (χ0v) is 10.5. The number of carbonyl (C=O) groups is 1. The molecule has 0 radical (unpaired) electrons. The van der Waals surface area contributed by atoms with Gasteiger partial charge in [0.2, 0.25) is 0 Å². The monoisotopic (exact) mass is 274 g/mol. The summed E-state index contributed by atoms with van der Waals surface area (Å²) < 4.78 is 43.9. The predicted molar refractivity (Wildman–Crippen MR) is 62.3 cm³/mol. The third-order valence-corrected chi connectivity index (χ3v) is 2.91. The highest BCUT2D eigenvalue weighted by atomic mass is 32.3. The molecule has 0 N–H and O–H groups in total. The van der Waals surface area contributed by atoms with Crippen molar-refractivity contribution in [1.29, 1.82) is 0 Å². The van der Waals surface area contributed by atoms with E-state index in [-0.39, 0.29) is 5.75 Å². The van der Waals surface area contributed by atoms with Crippen molar-refractivity contribution in [2.45, 2.75) is 4.90 Å². The molecule has 7 heteroatoms. The standard InChI is InChI=1S/C11H11FO5S/c1-16-9-5-3-8(4-6-11(13)17-2)7-10(9)18(12,14)15/h3-7H,1-2H3/b6-4+. The summed E-state index contributed by atoms with van der Waals surface area (Å²) in [5.74, 6) is -0.705. The van der Waals surface area contributed by atoms with E-state index >= 15 is 0 Å². The zero-order chi connectivity index (χ0) is 13.8. The summed E-state index contributed by atoms with van der Waals surface area (Å²) in [6, 6.07) is 3.84. The molecule has 0 bridgehead atoms. The topological polar surface area (TPSA) is 69.7 Å². The Hall–Kier alpha value is -1.89. The van der Waals surface area contributed by atoms with Crippen LogP contribution in [0.5, 0.6) is 5.75 Å². The minimum absolute atomic E-state index is 0.104. The van der Waals surface area contributed by atoms with Gasteiger partial charge in [0.15, 0.2) is 0 Å². The summed E-state index contributed by atoms with van der Waals surface area (Å²) in [4.78, 5) is 10.3. The fourth-order valence-corrected chi connectivity index (χ4v) is 1.89. The molecule has 0 aliphatic rings. The van der Waals surface area contributed by atoms with Crippen LogP contribution in [0.2, 0.25) is 0 Å². The Morgan fingerprint density at radius 2 is 2.00 bits per heavy atom.